The molecule has 1 unspecified atom stereocenters. The molecule has 5 rings (SSSR count). The van der Waals surface area contributed by atoms with Gasteiger partial charge in [-0.3, -0.25) is 9.52 Å². The van der Waals surface area contributed by atoms with Crippen LogP contribution in [0.2, 0.25) is 0 Å². The van der Waals surface area contributed by atoms with Crippen molar-refractivity contribution in [3.05, 3.63) is 66.9 Å². The molecule has 1 aliphatic rings. The van der Waals surface area contributed by atoms with Gasteiger partial charge in [0.25, 0.3) is 10.0 Å². The first-order chi connectivity index (χ1) is 16.8. The Morgan fingerprint density at radius 2 is 2.03 bits per heavy atom. The number of carbonyl (C=O) groups is 1. The van der Waals surface area contributed by atoms with E-state index in [0.29, 0.717) is 17.4 Å². The Kier molecular flexibility index (Phi) is 6.15. The zero-order chi connectivity index (χ0) is 24.6. The molecule has 2 atom stereocenters. The molecule has 1 amide bonds. The molecule has 188 valence electrons. The number of hydrogen-bond donors (Lipinski definition) is 2. The van der Waals surface area contributed by atoms with Crippen LogP contribution in [0.15, 0.2) is 66.0 Å². The molecule has 12 heteroatoms. The molecule has 0 spiro atoms. The van der Waals surface area contributed by atoms with E-state index in [2.05, 4.69) is 24.3 Å². The molecule has 0 bridgehead atoms. The van der Waals surface area contributed by atoms with Gasteiger partial charge in [-0.2, -0.15) is 4.37 Å². The van der Waals surface area contributed by atoms with Gasteiger partial charge < -0.3 is 14.8 Å². The van der Waals surface area contributed by atoms with Gasteiger partial charge in [-0.15, -0.1) is 0 Å². The van der Waals surface area contributed by atoms with Gasteiger partial charge in [-0.1, -0.05) is 6.07 Å². The molecule has 2 aromatic heterocycles. The van der Waals surface area contributed by atoms with Crippen LogP contribution in [0.4, 0.5) is 15.2 Å². The maximum absolute atomic E-state index is 14.0. The average molecular weight is 521 g/mol. The third-order valence-electron chi connectivity index (χ3n) is 6.14. The molecule has 2 N–H and O–H groups in total. The first-order valence-corrected chi connectivity index (χ1v) is 13.3. The zero-order valence-electron chi connectivity index (χ0n) is 18.8. The summed E-state index contributed by atoms with van der Waals surface area (Å²) in [7, 11) is -3.74. The molecule has 1 fully saturated rings. The van der Waals surface area contributed by atoms with Gasteiger partial charge in [-0.05, 0) is 55.8 Å². The molecule has 1 aliphatic heterocycles. The van der Waals surface area contributed by atoms with Crippen LogP contribution in [0.1, 0.15) is 23.7 Å². The van der Waals surface area contributed by atoms with Crippen molar-refractivity contribution in [2.24, 2.45) is 0 Å². The predicted octanol–water partition coefficient (Wildman–Crippen LogP) is 4.13. The van der Waals surface area contributed by atoms with E-state index in [9.17, 15) is 17.6 Å². The highest BCUT2D eigenvalue weighted by Crippen LogP contribution is 2.25. The molecular weight excluding hydrogens is 491 g/mol. The van der Waals surface area contributed by atoms with E-state index in [0.717, 1.165) is 30.2 Å². The highest BCUT2D eigenvalue weighted by molar-refractivity contribution is 7.93. The van der Waals surface area contributed by atoms with Crippen molar-refractivity contribution in [1.82, 2.24) is 19.2 Å². The Morgan fingerprint density at radius 1 is 1.23 bits per heavy atom. The fraction of sp³-hybridized carbons (Fsp3) is 0.261. The van der Waals surface area contributed by atoms with Gasteiger partial charge in [0.05, 0.1) is 10.4 Å². The van der Waals surface area contributed by atoms with E-state index < -0.39 is 16.1 Å². The van der Waals surface area contributed by atoms with Crippen LogP contribution in [-0.4, -0.2) is 47.4 Å². The van der Waals surface area contributed by atoms with E-state index in [1.54, 1.807) is 60.2 Å². The molecule has 1 saturated heterocycles. The van der Waals surface area contributed by atoms with E-state index in [4.69, 9.17) is 0 Å². The number of nitrogens with zero attached hydrogens (tertiary/aromatic N) is 4. The van der Waals surface area contributed by atoms with Gasteiger partial charge in [-0.25, -0.2) is 17.8 Å². The summed E-state index contributed by atoms with van der Waals surface area (Å²) in [5.41, 5.74) is 1.55. The van der Waals surface area contributed by atoms with Crippen molar-refractivity contribution in [2.75, 3.05) is 22.7 Å². The van der Waals surface area contributed by atoms with E-state index in [1.165, 1.54) is 12.4 Å². The number of carbonyl (C=O) groups excluding carboxylic acids is 1. The van der Waals surface area contributed by atoms with Crippen LogP contribution in [-0.2, 0) is 14.8 Å². The number of aromatic nitrogens is 3. The normalized spacial score (nSPS) is 17.0. The summed E-state index contributed by atoms with van der Waals surface area (Å²) in [6, 6.07) is 12.6. The third kappa shape index (κ3) is 4.71. The monoisotopic (exact) mass is 520 g/mol. The number of halogens is 1. The summed E-state index contributed by atoms with van der Waals surface area (Å²) in [4.78, 5) is 19.0. The van der Waals surface area contributed by atoms with E-state index in [1.807, 2.05) is 0 Å². The highest BCUT2D eigenvalue weighted by atomic mass is 32.2. The van der Waals surface area contributed by atoms with Crippen LogP contribution >= 0.6 is 11.5 Å². The lowest BCUT2D eigenvalue weighted by Gasteiger charge is -2.21. The molecule has 0 aliphatic carbocycles. The molecule has 0 radical (unpaired) electrons. The zero-order valence-corrected chi connectivity index (χ0v) is 20.4. The van der Waals surface area contributed by atoms with Crippen molar-refractivity contribution in [2.45, 2.75) is 30.3 Å². The molecule has 3 heterocycles. The molecular formula is C23H29FN6O3S2. The summed E-state index contributed by atoms with van der Waals surface area (Å²) in [6.07, 6.45) is 3.78. The number of amides is 1. The van der Waals surface area contributed by atoms with Crippen molar-refractivity contribution in [1.29, 1.82) is 0 Å². The van der Waals surface area contributed by atoms with Crippen molar-refractivity contribution in [3.63, 3.8) is 0 Å². The minimum atomic E-state index is -3.74. The largest absolute Gasteiger partial charge is 0.369 e. The number of hydrogen-bond acceptors (Lipinski definition) is 7. The summed E-state index contributed by atoms with van der Waals surface area (Å²) in [5.74, 6) is -0.446. The minimum absolute atomic E-state index is 0. The van der Waals surface area contributed by atoms with Crippen molar-refractivity contribution >= 4 is 49.2 Å². The second-order valence-electron chi connectivity index (χ2n) is 8.36. The van der Waals surface area contributed by atoms with Crippen LogP contribution < -0.4 is 14.9 Å². The Bertz CT molecular complexity index is 1470. The van der Waals surface area contributed by atoms with Crippen LogP contribution in [0.25, 0.3) is 10.9 Å². The smallest absolute Gasteiger partial charge is 0.263 e. The van der Waals surface area contributed by atoms with Gasteiger partial charge in [0, 0.05) is 52.2 Å². The van der Waals surface area contributed by atoms with Gasteiger partial charge in [0.2, 0.25) is 11.0 Å². The summed E-state index contributed by atoms with van der Waals surface area (Å²) in [6.45, 7) is 3.13. The quantitative estimate of drug-likeness (QED) is 0.379. The maximum Gasteiger partial charge on any atom is 0.263 e. The molecule has 2 aromatic carbocycles. The average Bonchev–Trinajstić information content (AvgIpc) is 3.60. The lowest BCUT2D eigenvalue weighted by molar-refractivity contribution is -0.124. The number of rotatable bonds is 7. The summed E-state index contributed by atoms with van der Waals surface area (Å²) >= 11 is 0.963. The molecule has 0 saturated carbocycles. The van der Waals surface area contributed by atoms with Crippen molar-refractivity contribution in [3.8, 4) is 0 Å². The Labute approximate surface area is 210 Å². The van der Waals surface area contributed by atoms with Gasteiger partial charge in [0.1, 0.15) is 18.2 Å². The van der Waals surface area contributed by atoms with Gasteiger partial charge >= 0.3 is 0 Å². The number of sulfonamides is 1. The lowest BCUT2D eigenvalue weighted by atomic mass is 10.2. The van der Waals surface area contributed by atoms with E-state index >= 15 is 0 Å². The lowest BCUT2D eigenvalue weighted by Crippen LogP contribution is -2.40. The SMILES string of the molecule is C[C@H](C(=O)NC1CCN(c2ccc(S(=O)(=O)Nc3ncns3)cc2)C1)n1ccc2c(F)cccc21.[HH].[HH].[HH]. The number of nitrogens with one attached hydrogen (secondary N) is 2. The number of fused-ring (bicyclic) bond motifs is 1. The van der Waals surface area contributed by atoms with Crippen molar-refractivity contribution < 1.29 is 21.9 Å². The second kappa shape index (κ2) is 9.27. The molecule has 4 aromatic rings. The van der Waals surface area contributed by atoms with Crippen LogP contribution in [0.3, 0.4) is 0 Å². The third-order valence-corrected chi connectivity index (χ3v) is 8.20. The maximum atomic E-state index is 14.0. The fourth-order valence-corrected chi connectivity index (χ4v) is 5.94. The Balaban J connectivity index is 0.00000169. The summed E-state index contributed by atoms with van der Waals surface area (Å²) in [5, 5.41) is 3.79. The van der Waals surface area contributed by atoms with E-state index in [-0.39, 0.29) is 32.1 Å². The molecule has 35 heavy (non-hydrogen) atoms. The van der Waals surface area contributed by atoms with Crippen LogP contribution in [0.5, 0.6) is 0 Å². The first-order valence-electron chi connectivity index (χ1n) is 11.0. The number of anilines is 2. The number of benzene rings is 2. The predicted molar refractivity (Wildman–Crippen MR) is 139 cm³/mol. The fourth-order valence-electron chi connectivity index (χ4n) is 4.28. The first kappa shape index (κ1) is 23.2. The summed E-state index contributed by atoms with van der Waals surface area (Å²) < 4.78 is 47.0. The topological polar surface area (TPSA) is 109 Å². The Morgan fingerprint density at radius 3 is 2.77 bits per heavy atom. The highest BCUT2D eigenvalue weighted by Gasteiger charge is 2.27. The minimum Gasteiger partial charge on any atom is -0.369 e. The second-order valence-corrected chi connectivity index (χ2v) is 10.8. The van der Waals surface area contributed by atoms with Gasteiger partial charge in [0.15, 0.2) is 0 Å². The van der Waals surface area contributed by atoms with Crippen LogP contribution in [0, 0.1) is 5.82 Å². The molecule has 9 nitrogen and oxygen atoms in total. The standard InChI is InChI=1S/C23H23FN6O3S2.3H2/c1-15(30-12-10-19-20(24)3-2-4-21(19)30)22(31)27-16-9-11-29(13-16)17-5-7-18(8-6-17)35(32,33)28-23-25-14-26-34-23;;;/h2-8,10,12,14-16H,9,11,13H2,1H3,(H,27,31)(H,25,26,28);3*1H/t15-,16?;;;/m1.../s1. The Hall–Kier alpha value is -3.51.